The molecule has 3 atom stereocenters. The van der Waals surface area contributed by atoms with Crippen LogP contribution in [0.1, 0.15) is 12.6 Å². The minimum atomic E-state index is -0.791. The van der Waals surface area contributed by atoms with Gasteiger partial charge in [-0.05, 0) is 0 Å². The molecule has 17 heavy (non-hydrogen) atoms. The molecule has 1 aromatic rings. The minimum Gasteiger partial charge on any atom is -0.394 e. The van der Waals surface area contributed by atoms with Crippen LogP contribution >= 0.6 is 0 Å². The molecular formula is C9H14N4O4. The molecule has 2 heterocycles. The Balaban J connectivity index is 2.22. The van der Waals surface area contributed by atoms with Crippen LogP contribution in [0, 0.1) is 0 Å². The predicted octanol–water partition coefficient (Wildman–Crippen LogP) is -1.68. The minimum absolute atomic E-state index is 0.225. The van der Waals surface area contributed by atoms with Crippen LogP contribution in [0.15, 0.2) is 11.1 Å². The third kappa shape index (κ3) is 2.28. The van der Waals surface area contributed by atoms with Gasteiger partial charge in [-0.3, -0.25) is 4.57 Å². The number of aliphatic hydroxyl groups excluding tert-OH is 2. The van der Waals surface area contributed by atoms with E-state index in [2.05, 4.69) is 15.3 Å². The fraction of sp³-hybridized carbons (Fsp3) is 0.667. The maximum atomic E-state index is 11.6. The molecule has 0 aromatic carbocycles. The standard InChI is InChI=1S/C9H14N4O4/c1-10-8-11-4-13(9(16)12-8)7-2-5(15)6(3-14)17-7/h4-7,14-15H,2-3H2,1H3,(H,10,12,16)/t5?,6?,7-/m1/s1. The summed E-state index contributed by atoms with van der Waals surface area (Å²) in [4.78, 5) is 19.2. The first-order valence-corrected chi connectivity index (χ1v) is 5.23. The van der Waals surface area contributed by atoms with E-state index in [1.54, 1.807) is 7.05 Å². The fourth-order valence-electron chi connectivity index (χ4n) is 1.71. The van der Waals surface area contributed by atoms with E-state index in [0.29, 0.717) is 0 Å². The molecule has 1 aromatic heterocycles. The van der Waals surface area contributed by atoms with Crippen molar-refractivity contribution in [2.75, 3.05) is 19.0 Å². The second-order valence-corrected chi connectivity index (χ2v) is 3.73. The van der Waals surface area contributed by atoms with E-state index in [1.165, 1.54) is 10.9 Å². The van der Waals surface area contributed by atoms with Crippen molar-refractivity contribution in [2.45, 2.75) is 24.9 Å². The Morgan fingerprint density at radius 3 is 3.00 bits per heavy atom. The molecule has 2 unspecified atom stereocenters. The highest BCUT2D eigenvalue weighted by molar-refractivity contribution is 5.18. The highest BCUT2D eigenvalue weighted by atomic mass is 16.5. The summed E-state index contributed by atoms with van der Waals surface area (Å²) in [7, 11) is 1.61. The van der Waals surface area contributed by atoms with Crippen LogP contribution in [-0.2, 0) is 4.74 Å². The van der Waals surface area contributed by atoms with Gasteiger partial charge in [0.05, 0.1) is 12.7 Å². The van der Waals surface area contributed by atoms with E-state index in [4.69, 9.17) is 9.84 Å². The summed E-state index contributed by atoms with van der Waals surface area (Å²) in [6, 6.07) is 0. The van der Waals surface area contributed by atoms with Crippen molar-refractivity contribution in [1.29, 1.82) is 0 Å². The predicted molar refractivity (Wildman–Crippen MR) is 57.5 cm³/mol. The van der Waals surface area contributed by atoms with Crippen molar-refractivity contribution < 1.29 is 14.9 Å². The zero-order valence-electron chi connectivity index (χ0n) is 9.28. The average Bonchev–Trinajstić information content (AvgIpc) is 2.70. The Bertz CT molecular complexity index is 449. The van der Waals surface area contributed by atoms with E-state index < -0.39 is 24.1 Å². The molecule has 94 valence electrons. The van der Waals surface area contributed by atoms with Gasteiger partial charge in [-0.2, -0.15) is 4.98 Å². The summed E-state index contributed by atoms with van der Waals surface area (Å²) in [5, 5.41) is 21.1. The highest BCUT2D eigenvalue weighted by Crippen LogP contribution is 2.26. The van der Waals surface area contributed by atoms with E-state index in [1.807, 2.05) is 0 Å². The third-order valence-electron chi connectivity index (χ3n) is 2.64. The normalized spacial score (nSPS) is 28.3. The summed E-state index contributed by atoms with van der Waals surface area (Å²) in [5.41, 5.74) is -0.514. The molecule has 1 aliphatic heterocycles. The van der Waals surface area contributed by atoms with E-state index in [-0.39, 0.29) is 19.0 Å². The van der Waals surface area contributed by atoms with Crippen molar-refractivity contribution in [3.05, 3.63) is 16.8 Å². The molecule has 0 amide bonds. The molecule has 1 fully saturated rings. The van der Waals surface area contributed by atoms with Crippen molar-refractivity contribution in [3.63, 3.8) is 0 Å². The summed E-state index contributed by atoms with van der Waals surface area (Å²) in [5.74, 6) is 0.225. The maximum absolute atomic E-state index is 11.6. The number of hydrogen-bond acceptors (Lipinski definition) is 7. The first-order chi connectivity index (χ1) is 8.15. The van der Waals surface area contributed by atoms with Gasteiger partial charge in [-0.25, -0.2) is 9.78 Å². The molecule has 8 heteroatoms. The molecule has 8 nitrogen and oxygen atoms in total. The summed E-state index contributed by atoms with van der Waals surface area (Å²) < 4.78 is 6.52. The van der Waals surface area contributed by atoms with E-state index >= 15 is 0 Å². The maximum Gasteiger partial charge on any atom is 0.354 e. The molecule has 0 bridgehead atoms. The molecule has 3 N–H and O–H groups in total. The van der Waals surface area contributed by atoms with Gasteiger partial charge in [0.25, 0.3) is 0 Å². The highest BCUT2D eigenvalue weighted by Gasteiger charge is 2.35. The van der Waals surface area contributed by atoms with Gasteiger partial charge in [0.1, 0.15) is 18.7 Å². The molecule has 0 aliphatic carbocycles. The molecule has 0 radical (unpaired) electrons. The zero-order chi connectivity index (χ0) is 12.4. The summed E-state index contributed by atoms with van der Waals surface area (Å²) in [6.45, 7) is -0.290. The van der Waals surface area contributed by atoms with Crippen LogP contribution in [0.25, 0.3) is 0 Å². The number of nitrogens with zero attached hydrogens (tertiary/aromatic N) is 3. The molecule has 0 saturated carbocycles. The molecule has 1 aliphatic rings. The van der Waals surface area contributed by atoms with Gasteiger partial charge in [0, 0.05) is 13.5 Å². The molecule has 2 rings (SSSR count). The number of anilines is 1. The van der Waals surface area contributed by atoms with Gasteiger partial charge in [0.2, 0.25) is 5.95 Å². The van der Waals surface area contributed by atoms with Crippen LogP contribution in [0.5, 0.6) is 0 Å². The number of aliphatic hydroxyl groups is 2. The second-order valence-electron chi connectivity index (χ2n) is 3.73. The zero-order valence-corrected chi connectivity index (χ0v) is 9.28. The Morgan fingerprint density at radius 2 is 2.47 bits per heavy atom. The Hall–Kier alpha value is -1.51. The molecular weight excluding hydrogens is 228 g/mol. The van der Waals surface area contributed by atoms with Crippen LogP contribution in [0.4, 0.5) is 5.95 Å². The molecule has 1 saturated heterocycles. The lowest BCUT2D eigenvalue weighted by molar-refractivity contribution is -0.0462. The van der Waals surface area contributed by atoms with Gasteiger partial charge >= 0.3 is 5.69 Å². The lowest BCUT2D eigenvalue weighted by Crippen LogP contribution is -2.28. The Labute approximate surface area is 96.9 Å². The smallest absolute Gasteiger partial charge is 0.354 e. The largest absolute Gasteiger partial charge is 0.394 e. The quantitative estimate of drug-likeness (QED) is 0.580. The van der Waals surface area contributed by atoms with E-state index in [9.17, 15) is 9.90 Å². The van der Waals surface area contributed by atoms with Crippen molar-refractivity contribution in [2.24, 2.45) is 0 Å². The first kappa shape index (κ1) is 12.0. The lowest BCUT2D eigenvalue weighted by Gasteiger charge is -2.13. The van der Waals surface area contributed by atoms with Gasteiger partial charge in [-0.1, -0.05) is 0 Å². The van der Waals surface area contributed by atoms with E-state index in [0.717, 1.165) is 0 Å². The number of ether oxygens (including phenoxy) is 1. The number of hydrogen-bond donors (Lipinski definition) is 3. The SMILES string of the molecule is CNc1ncn([C@H]2CC(O)C(CO)O2)c(=O)n1. The summed E-state index contributed by atoms with van der Waals surface area (Å²) in [6.07, 6.45) is -0.566. The Morgan fingerprint density at radius 1 is 1.71 bits per heavy atom. The van der Waals surface area contributed by atoms with Gasteiger partial charge < -0.3 is 20.3 Å². The first-order valence-electron chi connectivity index (χ1n) is 5.23. The van der Waals surface area contributed by atoms with Crippen molar-refractivity contribution >= 4 is 5.95 Å². The molecule has 0 spiro atoms. The van der Waals surface area contributed by atoms with Crippen LogP contribution in [0.2, 0.25) is 0 Å². The van der Waals surface area contributed by atoms with Crippen LogP contribution in [-0.4, -0.2) is 50.6 Å². The fourth-order valence-corrected chi connectivity index (χ4v) is 1.71. The average molecular weight is 242 g/mol. The van der Waals surface area contributed by atoms with Crippen molar-refractivity contribution in [1.82, 2.24) is 14.5 Å². The van der Waals surface area contributed by atoms with Crippen LogP contribution < -0.4 is 11.0 Å². The van der Waals surface area contributed by atoms with Crippen LogP contribution in [0.3, 0.4) is 0 Å². The second kappa shape index (κ2) is 4.78. The van der Waals surface area contributed by atoms with Gasteiger partial charge in [-0.15, -0.1) is 0 Å². The topological polar surface area (TPSA) is 110 Å². The lowest BCUT2D eigenvalue weighted by atomic mass is 10.2. The third-order valence-corrected chi connectivity index (χ3v) is 2.64. The Kier molecular flexibility index (Phi) is 3.36. The number of aromatic nitrogens is 3. The monoisotopic (exact) mass is 242 g/mol. The number of rotatable bonds is 3. The number of nitrogens with one attached hydrogen (secondary N) is 1. The summed E-state index contributed by atoms with van der Waals surface area (Å²) >= 11 is 0. The van der Waals surface area contributed by atoms with Crippen molar-refractivity contribution in [3.8, 4) is 0 Å². The van der Waals surface area contributed by atoms with Gasteiger partial charge in [0.15, 0.2) is 0 Å².